The molecule has 1 aliphatic rings. The van der Waals surface area contributed by atoms with E-state index in [2.05, 4.69) is 23.6 Å². The van der Waals surface area contributed by atoms with E-state index < -0.39 is 0 Å². The van der Waals surface area contributed by atoms with Gasteiger partial charge in [0.25, 0.3) is 5.91 Å². The zero-order valence-corrected chi connectivity index (χ0v) is 13.8. The molecule has 2 N–H and O–H groups in total. The fraction of sp³-hybridized carbons (Fsp3) is 0.588. The second-order valence-electron chi connectivity index (χ2n) is 5.52. The van der Waals surface area contributed by atoms with Crippen molar-refractivity contribution >= 4 is 17.7 Å². The topological polar surface area (TPSA) is 41.1 Å². The molecule has 3 nitrogen and oxygen atoms in total. The van der Waals surface area contributed by atoms with Crippen molar-refractivity contribution in [3.05, 3.63) is 35.4 Å². The number of thioether (sulfide) groups is 1. The molecule has 2 unspecified atom stereocenters. The van der Waals surface area contributed by atoms with Crippen molar-refractivity contribution in [3.8, 4) is 0 Å². The van der Waals surface area contributed by atoms with Crippen LogP contribution in [-0.4, -0.2) is 36.5 Å². The van der Waals surface area contributed by atoms with Gasteiger partial charge in [-0.25, -0.2) is 0 Å². The quantitative estimate of drug-likeness (QED) is 0.814. The fourth-order valence-corrected chi connectivity index (χ4v) is 4.17. The predicted octanol–water partition coefficient (Wildman–Crippen LogP) is 2.85. The highest BCUT2D eigenvalue weighted by Gasteiger charge is 2.28. The van der Waals surface area contributed by atoms with Gasteiger partial charge in [-0.3, -0.25) is 4.79 Å². The van der Waals surface area contributed by atoms with Crippen molar-refractivity contribution in [1.29, 1.82) is 0 Å². The van der Waals surface area contributed by atoms with Crippen LogP contribution in [0.3, 0.4) is 0 Å². The lowest BCUT2D eigenvalue weighted by Crippen LogP contribution is -2.39. The van der Waals surface area contributed by atoms with Crippen LogP contribution in [0.4, 0.5) is 0 Å². The number of hydrogen-bond acceptors (Lipinski definition) is 3. The SMILES string of the molecule is CCSC1CCCC1NC(=O)c1ccccc1CCNC. The van der Waals surface area contributed by atoms with E-state index in [0.29, 0.717) is 11.3 Å². The Morgan fingerprint density at radius 2 is 2.14 bits per heavy atom. The highest BCUT2D eigenvalue weighted by Crippen LogP contribution is 2.30. The van der Waals surface area contributed by atoms with Gasteiger partial charge < -0.3 is 10.6 Å². The van der Waals surface area contributed by atoms with Gasteiger partial charge in [-0.05, 0) is 50.2 Å². The lowest BCUT2D eigenvalue weighted by atomic mass is 10.0. The first-order valence-electron chi connectivity index (χ1n) is 7.91. The van der Waals surface area contributed by atoms with Crippen LogP contribution in [0.15, 0.2) is 24.3 Å². The van der Waals surface area contributed by atoms with Crippen LogP contribution in [0.1, 0.15) is 42.1 Å². The molecule has 0 saturated heterocycles. The molecule has 2 atom stereocenters. The number of nitrogens with one attached hydrogen (secondary N) is 2. The van der Waals surface area contributed by atoms with E-state index in [0.717, 1.165) is 36.3 Å². The number of hydrogen-bond donors (Lipinski definition) is 2. The molecule has 0 aliphatic heterocycles. The van der Waals surface area contributed by atoms with Crippen LogP contribution < -0.4 is 10.6 Å². The number of carbonyl (C=O) groups is 1. The molecule has 1 aromatic rings. The molecular weight excluding hydrogens is 280 g/mol. The molecule has 1 aliphatic carbocycles. The predicted molar refractivity (Wildman–Crippen MR) is 91.1 cm³/mol. The standard InChI is InChI=1S/C17H26N2OS/c1-3-21-16-10-6-9-15(16)19-17(20)14-8-5-4-7-13(14)11-12-18-2/h4-5,7-8,15-16,18H,3,6,9-12H2,1-2H3,(H,19,20). The van der Waals surface area contributed by atoms with Gasteiger partial charge in [-0.1, -0.05) is 31.5 Å². The van der Waals surface area contributed by atoms with Gasteiger partial charge in [0.2, 0.25) is 0 Å². The average Bonchev–Trinajstić information content (AvgIpc) is 2.93. The fourth-order valence-electron chi connectivity index (χ4n) is 2.97. The number of likely N-dealkylation sites (N-methyl/N-ethyl adjacent to an activating group) is 1. The highest BCUT2D eigenvalue weighted by atomic mass is 32.2. The third-order valence-corrected chi connectivity index (χ3v) is 5.38. The van der Waals surface area contributed by atoms with Crippen LogP contribution in [0, 0.1) is 0 Å². The first kappa shape index (κ1) is 16.4. The number of benzene rings is 1. The lowest BCUT2D eigenvalue weighted by Gasteiger charge is -2.21. The lowest BCUT2D eigenvalue weighted by molar-refractivity contribution is 0.0937. The maximum Gasteiger partial charge on any atom is 0.251 e. The molecule has 1 amide bonds. The number of carbonyl (C=O) groups excluding carboxylic acids is 1. The summed E-state index contributed by atoms with van der Waals surface area (Å²) in [5.41, 5.74) is 1.96. The zero-order valence-electron chi connectivity index (χ0n) is 13.0. The van der Waals surface area contributed by atoms with Crippen LogP contribution >= 0.6 is 11.8 Å². The first-order chi connectivity index (χ1) is 10.3. The van der Waals surface area contributed by atoms with Crippen molar-refractivity contribution < 1.29 is 4.79 Å². The summed E-state index contributed by atoms with van der Waals surface area (Å²) in [6.07, 6.45) is 4.45. The Morgan fingerprint density at radius 1 is 1.33 bits per heavy atom. The molecule has 1 fully saturated rings. The zero-order chi connectivity index (χ0) is 15.1. The average molecular weight is 306 g/mol. The molecule has 0 aromatic heterocycles. The molecule has 1 aromatic carbocycles. The van der Waals surface area contributed by atoms with Gasteiger partial charge in [0.1, 0.15) is 0 Å². The van der Waals surface area contributed by atoms with Crippen molar-refractivity contribution in [3.63, 3.8) is 0 Å². The Morgan fingerprint density at radius 3 is 2.90 bits per heavy atom. The molecular formula is C17H26N2OS. The maximum atomic E-state index is 12.6. The van der Waals surface area contributed by atoms with Crippen LogP contribution in [0.5, 0.6) is 0 Å². The van der Waals surface area contributed by atoms with Crippen molar-refractivity contribution in [2.75, 3.05) is 19.3 Å². The summed E-state index contributed by atoms with van der Waals surface area (Å²) in [5.74, 6) is 1.21. The molecule has 2 rings (SSSR count). The number of amides is 1. The summed E-state index contributed by atoms with van der Waals surface area (Å²) in [4.78, 5) is 12.6. The van der Waals surface area contributed by atoms with Crippen LogP contribution in [0.2, 0.25) is 0 Å². The normalized spacial score (nSPS) is 21.4. The van der Waals surface area contributed by atoms with E-state index in [1.54, 1.807) is 0 Å². The summed E-state index contributed by atoms with van der Waals surface area (Å²) in [5, 5.41) is 7.00. The molecule has 4 heteroatoms. The minimum atomic E-state index is 0.0929. The Hall–Kier alpha value is -1.00. The van der Waals surface area contributed by atoms with E-state index in [-0.39, 0.29) is 5.91 Å². The summed E-state index contributed by atoms with van der Waals surface area (Å²) < 4.78 is 0. The molecule has 0 radical (unpaired) electrons. The summed E-state index contributed by atoms with van der Waals surface area (Å²) in [7, 11) is 1.94. The molecule has 0 bridgehead atoms. The maximum absolute atomic E-state index is 12.6. The second-order valence-corrected chi connectivity index (χ2v) is 7.03. The van der Waals surface area contributed by atoms with Crippen LogP contribution in [0.25, 0.3) is 0 Å². The first-order valence-corrected chi connectivity index (χ1v) is 8.96. The van der Waals surface area contributed by atoms with Crippen molar-refractivity contribution in [2.45, 2.75) is 43.9 Å². The van der Waals surface area contributed by atoms with Gasteiger partial charge in [0.15, 0.2) is 0 Å². The van der Waals surface area contributed by atoms with E-state index in [9.17, 15) is 4.79 Å². The third-order valence-electron chi connectivity index (χ3n) is 4.06. The van der Waals surface area contributed by atoms with E-state index in [1.165, 1.54) is 12.8 Å². The second kappa shape index (κ2) is 8.44. The minimum Gasteiger partial charge on any atom is -0.348 e. The Bertz CT molecular complexity index is 464. The molecule has 21 heavy (non-hydrogen) atoms. The van der Waals surface area contributed by atoms with Gasteiger partial charge in [0.05, 0.1) is 0 Å². The third kappa shape index (κ3) is 4.48. The van der Waals surface area contributed by atoms with Crippen molar-refractivity contribution in [2.24, 2.45) is 0 Å². The van der Waals surface area contributed by atoms with Crippen molar-refractivity contribution in [1.82, 2.24) is 10.6 Å². The van der Waals surface area contributed by atoms with Gasteiger partial charge in [0, 0.05) is 16.9 Å². The molecule has 1 saturated carbocycles. The van der Waals surface area contributed by atoms with E-state index in [4.69, 9.17) is 0 Å². The molecule has 0 heterocycles. The largest absolute Gasteiger partial charge is 0.348 e. The van der Waals surface area contributed by atoms with Gasteiger partial charge in [-0.15, -0.1) is 0 Å². The smallest absolute Gasteiger partial charge is 0.251 e. The Labute approximate surface area is 132 Å². The summed E-state index contributed by atoms with van der Waals surface area (Å²) >= 11 is 1.98. The van der Waals surface area contributed by atoms with E-state index in [1.807, 2.05) is 37.0 Å². The molecule has 116 valence electrons. The van der Waals surface area contributed by atoms with Gasteiger partial charge >= 0.3 is 0 Å². The Balaban J connectivity index is 2.02. The number of rotatable bonds is 7. The van der Waals surface area contributed by atoms with Gasteiger partial charge in [-0.2, -0.15) is 11.8 Å². The monoisotopic (exact) mass is 306 g/mol. The van der Waals surface area contributed by atoms with E-state index >= 15 is 0 Å². The summed E-state index contributed by atoms with van der Waals surface area (Å²) in [6, 6.07) is 8.29. The Kier molecular flexibility index (Phi) is 6.58. The minimum absolute atomic E-state index is 0.0929. The van der Waals surface area contributed by atoms with Crippen LogP contribution in [-0.2, 0) is 6.42 Å². The highest BCUT2D eigenvalue weighted by molar-refractivity contribution is 7.99. The summed E-state index contributed by atoms with van der Waals surface area (Å²) in [6.45, 7) is 3.08. The molecule has 0 spiro atoms.